The van der Waals surface area contributed by atoms with Crippen molar-refractivity contribution in [3.63, 3.8) is 0 Å². The lowest BCUT2D eigenvalue weighted by atomic mass is 10.0. The van der Waals surface area contributed by atoms with Crippen molar-refractivity contribution in [2.45, 2.75) is 18.9 Å². The minimum absolute atomic E-state index is 0.0648. The zero-order chi connectivity index (χ0) is 9.26. The average Bonchev–Trinajstić information content (AvgIpc) is 2.52. The van der Waals surface area contributed by atoms with Gasteiger partial charge in [-0.15, -0.1) is 5.10 Å². The summed E-state index contributed by atoms with van der Waals surface area (Å²) in [5, 5.41) is 11.0. The highest BCUT2D eigenvalue weighted by molar-refractivity contribution is 5.80. The van der Waals surface area contributed by atoms with Crippen LogP contribution in [0.3, 0.4) is 0 Å². The zero-order valence-electron chi connectivity index (χ0n) is 7.53. The molecule has 5 heteroatoms. The van der Waals surface area contributed by atoms with Crippen LogP contribution in [0.25, 0.3) is 0 Å². The summed E-state index contributed by atoms with van der Waals surface area (Å²) in [7, 11) is 1.82. The van der Waals surface area contributed by atoms with E-state index in [1.165, 1.54) is 0 Å². The van der Waals surface area contributed by atoms with Crippen molar-refractivity contribution < 1.29 is 4.79 Å². The minimum Gasteiger partial charge on any atom is -0.308 e. The third kappa shape index (κ3) is 1.75. The summed E-state index contributed by atoms with van der Waals surface area (Å²) in [6.45, 7) is 0.750. The Kier molecular flexibility index (Phi) is 2.10. The second-order valence-electron chi connectivity index (χ2n) is 3.32. The highest BCUT2D eigenvalue weighted by Gasteiger charge is 2.22. The highest BCUT2D eigenvalue weighted by Crippen LogP contribution is 2.17. The zero-order valence-corrected chi connectivity index (χ0v) is 7.53. The monoisotopic (exact) mass is 180 g/mol. The van der Waals surface area contributed by atoms with Crippen LogP contribution in [0.1, 0.15) is 24.6 Å². The fourth-order valence-corrected chi connectivity index (χ4v) is 1.52. The molecule has 0 unspecified atom stereocenters. The van der Waals surface area contributed by atoms with E-state index in [4.69, 9.17) is 0 Å². The van der Waals surface area contributed by atoms with Gasteiger partial charge in [-0.05, 0) is 0 Å². The molecule has 1 aromatic heterocycles. The Balaban J connectivity index is 2.12. The van der Waals surface area contributed by atoms with Crippen LogP contribution in [0.15, 0.2) is 6.20 Å². The summed E-state index contributed by atoms with van der Waals surface area (Å²) in [5.41, 5.74) is 0.857. The van der Waals surface area contributed by atoms with Crippen molar-refractivity contribution in [3.05, 3.63) is 11.9 Å². The maximum absolute atomic E-state index is 11.2. The van der Waals surface area contributed by atoms with E-state index in [0.29, 0.717) is 18.6 Å². The molecule has 1 aromatic rings. The summed E-state index contributed by atoms with van der Waals surface area (Å²) in [4.78, 5) is 11.2. The molecular formula is C8H12N4O. The third-order valence-corrected chi connectivity index (χ3v) is 2.20. The van der Waals surface area contributed by atoms with Gasteiger partial charge < -0.3 is 5.32 Å². The quantitative estimate of drug-likeness (QED) is 0.650. The van der Waals surface area contributed by atoms with Gasteiger partial charge in [0.05, 0.1) is 6.04 Å². The Bertz CT molecular complexity index is 320. The smallest absolute Gasteiger partial charge is 0.136 e. The van der Waals surface area contributed by atoms with Crippen LogP contribution in [0.4, 0.5) is 0 Å². The molecule has 2 heterocycles. The SMILES string of the molecule is Cn1cc([C@@H]2CC(=O)CCN2)nn1. The number of ketones is 1. The van der Waals surface area contributed by atoms with Crippen LogP contribution >= 0.6 is 0 Å². The Morgan fingerprint density at radius 2 is 2.54 bits per heavy atom. The van der Waals surface area contributed by atoms with Crippen molar-refractivity contribution in [3.8, 4) is 0 Å². The summed E-state index contributed by atoms with van der Waals surface area (Å²) in [6, 6.07) is 0.0648. The number of Topliss-reactive ketones (excluding diaryl/α,β-unsaturated/α-hetero) is 1. The number of rotatable bonds is 1. The van der Waals surface area contributed by atoms with Gasteiger partial charge >= 0.3 is 0 Å². The van der Waals surface area contributed by atoms with Gasteiger partial charge in [-0.2, -0.15) is 0 Å². The topological polar surface area (TPSA) is 59.8 Å². The Morgan fingerprint density at radius 3 is 3.15 bits per heavy atom. The summed E-state index contributed by atoms with van der Waals surface area (Å²) >= 11 is 0. The van der Waals surface area contributed by atoms with E-state index in [2.05, 4.69) is 15.6 Å². The Hall–Kier alpha value is -1.23. The third-order valence-electron chi connectivity index (χ3n) is 2.20. The minimum atomic E-state index is 0.0648. The van der Waals surface area contributed by atoms with Crippen molar-refractivity contribution in [2.75, 3.05) is 6.54 Å². The Labute approximate surface area is 76.1 Å². The first-order chi connectivity index (χ1) is 6.25. The number of nitrogens with zero attached hydrogens (tertiary/aromatic N) is 3. The predicted molar refractivity (Wildman–Crippen MR) is 46.0 cm³/mol. The normalized spacial score (nSPS) is 23.5. The van der Waals surface area contributed by atoms with Gasteiger partial charge in [0.15, 0.2) is 0 Å². The van der Waals surface area contributed by atoms with Gasteiger partial charge in [0.2, 0.25) is 0 Å². The lowest BCUT2D eigenvalue weighted by Gasteiger charge is -2.19. The molecule has 0 saturated carbocycles. The standard InChI is InChI=1S/C8H12N4O/c1-12-5-8(10-11-12)7-4-6(13)2-3-9-7/h5,7,9H,2-4H2,1H3/t7-/m0/s1. The number of aryl methyl sites for hydroxylation is 1. The first-order valence-electron chi connectivity index (χ1n) is 4.37. The molecular weight excluding hydrogens is 168 g/mol. The second kappa shape index (κ2) is 3.26. The van der Waals surface area contributed by atoms with E-state index in [0.717, 1.165) is 12.2 Å². The van der Waals surface area contributed by atoms with Crippen molar-refractivity contribution in [1.29, 1.82) is 0 Å². The molecule has 0 spiro atoms. The fraction of sp³-hybridized carbons (Fsp3) is 0.625. The summed E-state index contributed by atoms with van der Waals surface area (Å²) < 4.78 is 1.65. The van der Waals surface area contributed by atoms with Crippen molar-refractivity contribution in [1.82, 2.24) is 20.3 Å². The van der Waals surface area contributed by atoms with Gasteiger partial charge in [0.1, 0.15) is 11.5 Å². The predicted octanol–water partition coefficient (Wildman–Crippen LogP) is -0.191. The summed E-state index contributed by atoms with van der Waals surface area (Å²) in [5.74, 6) is 0.300. The molecule has 13 heavy (non-hydrogen) atoms. The fourth-order valence-electron chi connectivity index (χ4n) is 1.52. The number of hydrogen-bond acceptors (Lipinski definition) is 4. The molecule has 2 rings (SSSR count). The van der Waals surface area contributed by atoms with Crippen molar-refractivity contribution in [2.24, 2.45) is 7.05 Å². The number of hydrogen-bond donors (Lipinski definition) is 1. The van der Waals surface area contributed by atoms with E-state index < -0.39 is 0 Å². The number of piperidine rings is 1. The first-order valence-corrected chi connectivity index (χ1v) is 4.37. The molecule has 1 aliphatic heterocycles. The molecule has 1 fully saturated rings. The van der Waals surface area contributed by atoms with E-state index in [9.17, 15) is 4.79 Å². The maximum atomic E-state index is 11.2. The molecule has 1 aliphatic rings. The lowest BCUT2D eigenvalue weighted by Crippen LogP contribution is -2.32. The number of carbonyl (C=O) groups excluding carboxylic acids is 1. The highest BCUT2D eigenvalue weighted by atomic mass is 16.1. The second-order valence-corrected chi connectivity index (χ2v) is 3.32. The van der Waals surface area contributed by atoms with Crippen LogP contribution in [0, 0.1) is 0 Å². The molecule has 0 aromatic carbocycles. The maximum Gasteiger partial charge on any atom is 0.136 e. The number of carbonyl (C=O) groups is 1. The molecule has 1 N–H and O–H groups in total. The molecule has 0 aliphatic carbocycles. The van der Waals surface area contributed by atoms with Gasteiger partial charge in [-0.1, -0.05) is 5.21 Å². The van der Waals surface area contributed by atoms with Crippen LogP contribution in [-0.2, 0) is 11.8 Å². The van der Waals surface area contributed by atoms with Gasteiger partial charge in [-0.3, -0.25) is 9.48 Å². The van der Waals surface area contributed by atoms with Gasteiger partial charge in [0.25, 0.3) is 0 Å². The number of nitrogens with one attached hydrogen (secondary N) is 1. The molecule has 0 amide bonds. The first kappa shape index (κ1) is 8.37. The van der Waals surface area contributed by atoms with Crippen molar-refractivity contribution >= 4 is 5.78 Å². The van der Waals surface area contributed by atoms with Gasteiger partial charge in [0, 0.05) is 32.6 Å². The van der Waals surface area contributed by atoms with E-state index in [-0.39, 0.29) is 6.04 Å². The van der Waals surface area contributed by atoms with E-state index in [1.807, 2.05) is 13.2 Å². The van der Waals surface area contributed by atoms with E-state index in [1.54, 1.807) is 4.68 Å². The number of aromatic nitrogens is 3. The van der Waals surface area contributed by atoms with E-state index >= 15 is 0 Å². The lowest BCUT2D eigenvalue weighted by molar-refractivity contribution is -0.120. The molecule has 1 saturated heterocycles. The largest absolute Gasteiger partial charge is 0.308 e. The molecule has 1 atom stereocenters. The molecule has 0 radical (unpaired) electrons. The molecule has 70 valence electrons. The molecule has 5 nitrogen and oxygen atoms in total. The van der Waals surface area contributed by atoms with Crippen LogP contribution < -0.4 is 5.32 Å². The average molecular weight is 180 g/mol. The summed E-state index contributed by atoms with van der Waals surface area (Å²) in [6.07, 6.45) is 3.02. The Morgan fingerprint density at radius 1 is 1.69 bits per heavy atom. The van der Waals surface area contributed by atoms with Gasteiger partial charge in [-0.25, -0.2) is 0 Å². The van der Waals surface area contributed by atoms with Crippen LogP contribution in [0.2, 0.25) is 0 Å². The van der Waals surface area contributed by atoms with Crippen LogP contribution in [0.5, 0.6) is 0 Å². The van der Waals surface area contributed by atoms with Crippen LogP contribution in [-0.4, -0.2) is 27.3 Å². The molecule has 0 bridgehead atoms.